The molecule has 0 saturated heterocycles. The number of aromatic nitrogens is 1. The molecule has 1 unspecified atom stereocenters. The SMILES string of the molecule is CCC(OC(=O)c1ccccc1C(=O)N(C)c1ccccc1)C(=O)Nc1cc(C)on1. The Morgan fingerprint density at radius 1 is 1.06 bits per heavy atom. The van der Waals surface area contributed by atoms with Crippen molar-refractivity contribution in [2.45, 2.75) is 26.4 Å². The van der Waals surface area contributed by atoms with Gasteiger partial charge in [-0.1, -0.05) is 42.4 Å². The van der Waals surface area contributed by atoms with E-state index >= 15 is 0 Å². The van der Waals surface area contributed by atoms with Crippen LogP contribution < -0.4 is 10.2 Å². The van der Waals surface area contributed by atoms with Gasteiger partial charge in [0.25, 0.3) is 11.8 Å². The molecule has 0 spiro atoms. The number of rotatable bonds is 7. The van der Waals surface area contributed by atoms with Crippen molar-refractivity contribution in [2.75, 3.05) is 17.3 Å². The van der Waals surface area contributed by atoms with E-state index in [0.29, 0.717) is 11.4 Å². The van der Waals surface area contributed by atoms with Gasteiger partial charge in [-0.15, -0.1) is 0 Å². The molecule has 0 aliphatic heterocycles. The number of amides is 2. The topological polar surface area (TPSA) is 102 Å². The summed E-state index contributed by atoms with van der Waals surface area (Å²) in [4.78, 5) is 39.8. The Bertz CT molecular complexity index is 1080. The number of nitrogens with zero attached hydrogens (tertiary/aromatic N) is 2. The lowest BCUT2D eigenvalue weighted by Crippen LogP contribution is -2.33. The predicted octanol–water partition coefficient (Wildman–Crippen LogP) is 3.83. The zero-order chi connectivity index (χ0) is 22.4. The molecule has 0 aliphatic rings. The highest BCUT2D eigenvalue weighted by Gasteiger charge is 2.26. The molecule has 1 N–H and O–H groups in total. The molecule has 0 radical (unpaired) electrons. The van der Waals surface area contributed by atoms with Crippen molar-refractivity contribution in [1.29, 1.82) is 0 Å². The number of nitrogens with one attached hydrogen (secondary N) is 1. The van der Waals surface area contributed by atoms with Crippen molar-refractivity contribution in [2.24, 2.45) is 0 Å². The molecule has 3 rings (SSSR count). The third kappa shape index (κ3) is 5.16. The van der Waals surface area contributed by atoms with Gasteiger partial charge in [0, 0.05) is 18.8 Å². The summed E-state index contributed by atoms with van der Waals surface area (Å²) in [6, 6.07) is 17.0. The highest BCUT2D eigenvalue weighted by atomic mass is 16.5. The number of ether oxygens (including phenoxy) is 1. The van der Waals surface area contributed by atoms with Gasteiger partial charge in [0.1, 0.15) is 5.76 Å². The van der Waals surface area contributed by atoms with Crippen molar-refractivity contribution in [3.63, 3.8) is 0 Å². The number of benzene rings is 2. The van der Waals surface area contributed by atoms with E-state index < -0.39 is 18.0 Å². The molecule has 1 atom stereocenters. The summed E-state index contributed by atoms with van der Waals surface area (Å²) in [6.07, 6.45) is -0.812. The first-order chi connectivity index (χ1) is 14.9. The molecule has 160 valence electrons. The first-order valence-corrected chi connectivity index (χ1v) is 9.78. The van der Waals surface area contributed by atoms with Gasteiger partial charge >= 0.3 is 5.97 Å². The number of hydrogen-bond donors (Lipinski definition) is 1. The molecular weight excluding hydrogens is 398 g/mol. The summed E-state index contributed by atoms with van der Waals surface area (Å²) < 4.78 is 10.3. The van der Waals surface area contributed by atoms with Crippen molar-refractivity contribution < 1.29 is 23.6 Å². The van der Waals surface area contributed by atoms with Crippen LogP contribution in [0, 0.1) is 6.92 Å². The van der Waals surface area contributed by atoms with Gasteiger partial charge in [-0.3, -0.25) is 9.59 Å². The molecule has 0 fully saturated rings. The number of anilines is 2. The summed E-state index contributed by atoms with van der Waals surface area (Å²) >= 11 is 0. The smallest absolute Gasteiger partial charge is 0.339 e. The minimum absolute atomic E-state index is 0.0822. The van der Waals surface area contributed by atoms with Crippen LogP contribution in [0.3, 0.4) is 0 Å². The molecular formula is C23H23N3O5. The fourth-order valence-corrected chi connectivity index (χ4v) is 2.94. The second kappa shape index (κ2) is 9.71. The van der Waals surface area contributed by atoms with E-state index in [1.807, 2.05) is 18.2 Å². The summed E-state index contributed by atoms with van der Waals surface area (Å²) in [5, 5.41) is 6.25. The quantitative estimate of drug-likeness (QED) is 0.582. The number of esters is 1. The largest absolute Gasteiger partial charge is 0.449 e. The molecule has 8 nitrogen and oxygen atoms in total. The number of para-hydroxylation sites is 1. The lowest BCUT2D eigenvalue weighted by molar-refractivity contribution is -0.124. The van der Waals surface area contributed by atoms with E-state index in [4.69, 9.17) is 9.26 Å². The van der Waals surface area contributed by atoms with Crippen molar-refractivity contribution in [1.82, 2.24) is 5.16 Å². The van der Waals surface area contributed by atoms with Gasteiger partial charge in [-0.2, -0.15) is 0 Å². The van der Waals surface area contributed by atoms with E-state index in [9.17, 15) is 14.4 Å². The van der Waals surface area contributed by atoms with Gasteiger partial charge in [0.05, 0.1) is 11.1 Å². The summed E-state index contributed by atoms with van der Waals surface area (Å²) in [7, 11) is 1.63. The maximum Gasteiger partial charge on any atom is 0.339 e. The van der Waals surface area contributed by atoms with E-state index in [1.165, 1.54) is 11.0 Å². The summed E-state index contributed by atoms with van der Waals surface area (Å²) in [6.45, 7) is 3.41. The molecule has 0 saturated carbocycles. The Morgan fingerprint density at radius 3 is 2.32 bits per heavy atom. The zero-order valence-electron chi connectivity index (χ0n) is 17.5. The molecule has 31 heavy (non-hydrogen) atoms. The molecule has 8 heteroatoms. The van der Waals surface area contributed by atoms with Crippen molar-refractivity contribution in [3.8, 4) is 0 Å². The molecule has 0 bridgehead atoms. The van der Waals surface area contributed by atoms with Crippen LogP contribution in [-0.2, 0) is 9.53 Å². The fraction of sp³-hybridized carbons (Fsp3) is 0.217. The monoisotopic (exact) mass is 421 g/mol. The molecule has 1 heterocycles. The van der Waals surface area contributed by atoms with Gasteiger partial charge in [0.15, 0.2) is 11.9 Å². The number of carbonyl (C=O) groups is 3. The first kappa shape index (κ1) is 21.8. The molecule has 1 aromatic heterocycles. The fourth-order valence-electron chi connectivity index (χ4n) is 2.94. The van der Waals surface area contributed by atoms with Crippen LogP contribution in [-0.4, -0.2) is 36.1 Å². The lowest BCUT2D eigenvalue weighted by Gasteiger charge is -2.20. The molecule has 2 aromatic carbocycles. The van der Waals surface area contributed by atoms with Crippen LogP contribution >= 0.6 is 0 Å². The maximum absolute atomic E-state index is 13.0. The predicted molar refractivity (Wildman–Crippen MR) is 115 cm³/mol. The Balaban J connectivity index is 1.77. The first-order valence-electron chi connectivity index (χ1n) is 9.78. The van der Waals surface area contributed by atoms with Gasteiger partial charge in [0.2, 0.25) is 0 Å². The minimum atomic E-state index is -1.06. The van der Waals surface area contributed by atoms with Gasteiger partial charge < -0.3 is 19.5 Å². The average Bonchev–Trinajstić information content (AvgIpc) is 3.21. The number of aryl methyl sites for hydroxylation is 1. The number of hydrogen-bond acceptors (Lipinski definition) is 6. The normalized spacial score (nSPS) is 11.5. The Hall–Kier alpha value is -3.94. The Kier molecular flexibility index (Phi) is 6.81. The third-order valence-corrected chi connectivity index (χ3v) is 4.62. The standard InChI is InChI=1S/C23H23N3O5/c1-4-19(21(27)24-20-14-15(2)31-25-20)30-23(29)18-13-9-8-12-17(18)22(28)26(3)16-10-6-5-7-11-16/h5-14,19H,4H2,1-3H3,(H,24,25,27). The van der Waals surface area contributed by atoms with Gasteiger partial charge in [-0.05, 0) is 37.6 Å². The average molecular weight is 421 g/mol. The Labute approximate surface area is 179 Å². The van der Waals surface area contributed by atoms with Gasteiger partial charge in [-0.25, -0.2) is 4.79 Å². The van der Waals surface area contributed by atoms with Crippen LogP contribution in [0.2, 0.25) is 0 Å². The van der Waals surface area contributed by atoms with Crippen molar-refractivity contribution in [3.05, 3.63) is 77.6 Å². The second-order valence-electron chi connectivity index (χ2n) is 6.86. The Morgan fingerprint density at radius 2 is 1.71 bits per heavy atom. The molecule has 2 amide bonds. The lowest BCUT2D eigenvalue weighted by atomic mass is 10.1. The zero-order valence-corrected chi connectivity index (χ0v) is 17.5. The van der Waals surface area contributed by atoms with E-state index in [1.54, 1.807) is 57.3 Å². The van der Waals surface area contributed by atoms with Crippen LogP contribution in [0.1, 0.15) is 39.8 Å². The van der Waals surface area contributed by atoms with Crippen molar-refractivity contribution >= 4 is 29.3 Å². The van der Waals surface area contributed by atoms with Crippen LogP contribution in [0.15, 0.2) is 65.2 Å². The third-order valence-electron chi connectivity index (χ3n) is 4.62. The van der Waals surface area contributed by atoms with E-state index in [0.717, 1.165) is 0 Å². The van der Waals surface area contributed by atoms with E-state index in [2.05, 4.69) is 10.5 Å². The molecule has 0 aliphatic carbocycles. The maximum atomic E-state index is 13.0. The summed E-state index contributed by atoms with van der Waals surface area (Å²) in [5.41, 5.74) is 0.949. The minimum Gasteiger partial charge on any atom is -0.449 e. The highest BCUT2D eigenvalue weighted by molar-refractivity contribution is 6.12. The molecule has 3 aromatic rings. The second-order valence-corrected chi connectivity index (χ2v) is 6.86. The highest BCUT2D eigenvalue weighted by Crippen LogP contribution is 2.19. The van der Waals surface area contributed by atoms with Crippen LogP contribution in [0.25, 0.3) is 0 Å². The van der Waals surface area contributed by atoms with Crippen LogP contribution in [0.5, 0.6) is 0 Å². The van der Waals surface area contributed by atoms with E-state index in [-0.39, 0.29) is 29.3 Å². The van der Waals surface area contributed by atoms with Crippen LogP contribution in [0.4, 0.5) is 11.5 Å². The number of carbonyl (C=O) groups excluding carboxylic acids is 3. The summed E-state index contributed by atoms with van der Waals surface area (Å²) in [5.74, 6) is -0.889.